The van der Waals surface area contributed by atoms with Gasteiger partial charge >= 0.3 is 29.9 Å². The third-order valence-electron chi connectivity index (χ3n) is 1.11. The topological polar surface area (TPSA) is 0 Å². The molecule has 2 rings (SSSR count). The van der Waals surface area contributed by atoms with Crippen LogP contribution in [0.3, 0.4) is 0 Å². The van der Waals surface area contributed by atoms with E-state index in [1.807, 2.05) is 67.6 Å². The zero-order valence-corrected chi connectivity index (χ0v) is 15.9. The maximum atomic E-state index is 2.00. The number of rotatable bonds is 0. The first-order chi connectivity index (χ1) is 6.00. The first-order valence-corrected chi connectivity index (χ1v) is 12.0. The van der Waals surface area contributed by atoms with Crippen LogP contribution in [0.5, 0.6) is 0 Å². The molecule has 0 atom stereocenters. The fourth-order valence-corrected chi connectivity index (χ4v) is 0.642. The zero-order valence-electron chi connectivity index (χ0n) is 7.74. The molecule has 0 spiro atoms. The fourth-order valence-electron chi connectivity index (χ4n) is 0.642. The van der Waals surface area contributed by atoms with Crippen LogP contribution in [0.1, 0.15) is 0 Å². The van der Waals surface area contributed by atoms with E-state index < -0.39 is 0 Å². The van der Waals surface area contributed by atoms with Gasteiger partial charge in [0.15, 0.2) is 0 Å². The zero-order chi connectivity index (χ0) is 9.07. The molecule has 0 heterocycles. The Kier molecular flexibility index (Phi) is 27.9. The predicted molar refractivity (Wildman–Crippen MR) is 52.6 cm³/mol. The Labute approximate surface area is 123 Å². The van der Waals surface area contributed by atoms with E-state index in [0.717, 1.165) is 0 Å². The third kappa shape index (κ3) is 15.2. The number of hydrogen-bond donors (Lipinski definition) is 0. The van der Waals surface area contributed by atoms with Crippen LogP contribution in [0.4, 0.5) is 0 Å². The van der Waals surface area contributed by atoms with Gasteiger partial charge in [-0.1, -0.05) is 0 Å². The summed E-state index contributed by atoms with van der Waals surface area (Å²) in [4.78, 5) is 0. The average Bonchev–Trinajstić information content (AvgIpc) is 2.87. The molecule has 2 aromatic rings. The molecule has 0 aliphatic rings. The molecule has 76 valence electrons. The van der Waals surface area contributed by atoms with Crippen LogP contribution in [0.2, 0.25) is 0 Å². The van der Waals surface area contributed by atoms with Gasteiger partial charge in [0.1, 0.15) is 0 Å². The summed E-state index contributed by atoms with van der Waals surface area (Å²) in [6.45, 7) is 2.00. The molecule has 4 heteroatoms. The van der Waals surface area contributed by atoms with E-state index in [1.54, 1.807) is 0 Å². The SMILES string of the molecule is [Br-].[Br-].[SiH2]=[Hf+2].c1cc[cH-]c1.c1cc[cH-]c1. The second-order valence-electron chi connectivity index (χ2n) is 1.92. The van der Waals surface area contributed by atoms with Crippen molar-refractivity contribution in [2.75, 3.05) is 0 Å². The molecule has 0 bridgehead atoms. The summed E-state index contributed by atoms with van der Waals surface area (Å²) in [5, 5.41) is 0. The van der Waals surface area contributed by atoms with E-state index in [1.165, 1.54) is 23.0 Å². The smallest absolute Gasteiger partial charge is 0.172 e. The van der Waals surface area contributed by atoms with Crippen molar-refractivity contribution in [3.05, 3.63) is 60.7 Å². The first kappa shape index (κ1) is 20.2. The number of halogens is 2. The molecule has 0 amide bonds. The summed E-state index contributed by atoms with van der Waals surface area (Å²) in [7, 11) is 0. The van der Waals surface area contributed by atoms with E-state index in [2.05, 4.69) is 0 Å². The average molecular weight is 499 g/mol. The summed E-state index contributed by atoms with van der Waals surface area (Å²) in [6, 6.07) is 20.0. The summed E-state index contributed by atoms with van der Waals surface area (Å²) in [5.74, 6) is 0. The normalized spacial score (nSPS) is 6.14. The van der Waals surface area contributed by atoms with Gasteiger partial charge in [-0.3, -0.25) is 0 Å². The van der Waals surface area contributed by atoms with Crippen LogP contribution in [-0.2, 0) is 23.0 Å². The Morgan fingerprint density at radius 1 is 0.643 bits per heavy atom. The Bertz CT molecular complexity index is 170. The van der Waals surface area contributed by atoms with Crippen LogP contribution in [-0.4, -0.2) is 6.94 Å². The monoisotopic (exact) mass is 498 g/mol. The molecule has 0 aromatic heterocycles. The Morgan fingerprint density at radius 3 is 0.929 bits per heavy atom. The summed E-state index contributed by atoms with van der Waals surface area (Å²) < 4.78 is 0. The maximum Gasteiger partial charge on any atom is -0.172 e. The van der Waals surface area contributed by atoms with Gasteiger partial charge in [-0.15, -0.1) is 0 Å². The van der Waals surface area contributed by atoms with Gasteiger partial charge in [0.25, 0.3) is 0 Å². The van der Waals surface area contributed by atoms with Crippen LogP contribution in [0.25, 0.3) is 0 Å². The molecular formula is C10H12Br2HfSi-2. The molecule has 0 nitrogen and oxygen atoms in total. The van der Waals surface area contributed by atoms with E-state index in [0.29, 0.717) is 0 Å². The molecule has 0 saturated carbocycles. The second kappa shape index (κ2) is 19.3. The van der Waals surface area contributed by atoms with Gasteiger partial charge in [0.05, 0.1) is 0 Å². The molecule has 0 saturated heterocycles. The standard InChI is InChI=1S/2C5H5.2BrH.Hf.H2Si/c2*1-2-4-5-3-1;;;;/h2*1-5H;2*1H;;1H2/q2*-1;;;+2;/p-2. The summed E-state index contributed by atoms with van der Waals surface area (Å²) >= 11 is 1.33. The molecule has 14 heavy (non-hydrogen) atoms. The molecular weight excluding hydrogens is 486 g/mol. The van der Waals surface area contributed by atoms with Crippen LogP contribution >= 0.6 is 0 Å². The van der Waals surface area contributed by atoms with E-state index in [-0.39, 0.29) is 34.0 Å². The van der Waals surface area contributed by atoms with Crippen molar-refractivity contribution in [3.63, 3.8) is 0 Å². The molecule has 0 unspecified atom stereocenters. The molecule has 0 fully saturated rings. The van der Waals surface area contributed by atoms with Crippen molar-refractivity contribution in [2.24, 2.45) is 0 Å². The van der Waals surface area contributed by atoms with Crippen molar-refractivity contribution in [2.45, 2.75) is 0 Å². The molecule has 0 N–H and O–H groups in total. The third-order valence-corrected chi connectivity index (χ3v) is 1.11. The van der Waals surface area contributed by atoms with Crippen LogP contribution in [0, 0.1) is 0 Å². The van der Waals surface area contributed by atoms with Gasteiger partial charge in [-0.2, -0.15) is 36.4 Å². The first-order valence-electron chi connectivity index (χ1n) is 3.69. The van der Waals surface area contributed by atoms with Crippen molar-refractivity contribution in [1.29, 1.82) is 0 Å². The van der Waals surface area contributed by atoms with Crippen LogP contribution in [0.15, 0.2) is 60.7 Å². The minimum absolute atomic E-state index is 0. The molecule has 0 aliphatic heterocycles. The second-order valence-corrected chi connectivity index (χ2v) is 1.92. The van der Waals surface area contributed by atoms with Gasteiger partial charge in [-0.25, -0.2) is 24.3 Å². The van der Waals surface area contributed by atoms with Crippen molar-refractivity contribution in [3.8, 4) is 0 Å². The largest absolute Gasteiger partial charge is 0.214 e. The quantitative estimate of drug-likeness (QED) is 0.256. The molecule has 2 aromatic carbocycles. The number of hydrogen-bond acceptors (Lipinski definition) is 0. The Hall–Kier alpha value is 0.747. The van der Waals surface area contributed by atoms with Crippen LogP contribution < -0.4 is 34.0 Å². The Balaban J connectivity index is -0.000000131. The van der Waals surface area contributed by atoms with Crippen molar-refractivity contribution in [1.82, 2.24) is 0 Å². The molecule has 0 aliphatic carbocycles. The van der Waals surface area contributed by atoms with Gasteiger partial charge < -0.3 is 34.0 Å². The predicted octanol–water partition coefficient (Wildman–Crippen LogP) is -4.10. The van der Waals surface area contributed by atoms with E-state index in [9.17, 15) is 0 Å². The van der Waals surface area contributed by atoms with E-state index >= 15 is 0 Å². The summed E-state index contributed by atoms with van der Waals surface area (Å²) in [5.41, 5.74) is 0. The maximum absolute atomic E-state index is 2.00. The van der Waals surface area contributed by atoms with E-state index in [4.69, 9.17) is 0 Å². The minimum Gasteiger partial charge on any atom is -0.214 e. The summed E-state index contributed by atoms with van der Waals surface area (Å²) in [6.07, 6.45) is 0. The Morgan fingerprint density at radius 2 is 0.857 bits per heavy atom. The van der Waals surface area contributed by atoms with Gasteiger partial charge in [0.2, 0.25) is 0 Å². The minimum atomic E-state index is 0. The fraction of sp³-hybridized carbons (Fsp3) is 0. The van der Waals surface area contributed by atoms with Crippen molar-refractivity contribution >= 4 is 6.94 Å². The van der Waals surface area contributed by atoms with Gasteiger partial charge in [0, 0.05) is 0 Å². The van der Waals surface area contributed by atoms with Gasteiger partial charge in [-0.05, 0) is 0 Å². The van der Waals surface area contributed by atoms with Crippen molar-refractivity contribution < 1.29 is 57.0 Å². The molecule has 0 radical (unpaired) electrons.